The van der Waals surface area contributed by atoms with E-state index in [4.69, 9.17) is 4.74 Å². The van der Waals surface area contributed by atoms with Gasteiger partial charge in [0.1, 0.15) is 6.04 Å². The first-order valence-corrected chi connectivity index (χ1v) is 13.7. The van der Waals surface area contributed by atoms with Crippen molar-refractivity contribution in [3.8, 4) is 0 Å². The van der Waals surface area contributed by atoms with Crippen LogP contribution in [0.1, 0.15) is 28.3 Å². The lowest BCUT2D eigenvalue weighted by Gasteiger charge is -2.32. The van der Waals surface area contributed by atoms with E-state index in [0.717, 1.165) is 41.0 Å². The van der Waals surface area contributed by atoms with E-state index in [1.807, 2.05) is 116 Å². The monoisotopic (exact) mass is 533 g/mol. The lowest BCUT2D eigenvalue weighted by Crippen LogP contribution is -2.41. The van der Waals surface area contributed by atoms with Gasteiger partial charge in [0.05, 0.1) is 19.6 Å². The number of nitrogens with one attached hydrogen (secondary N) is 1. The van der Waals surface area contributed by atoms with Gasteiger partial charge in [0.2, 0.25) is 5.91 Å². The molecule has 1 unspecified atom stereocenters. The van der Waals surface area contributed by atoms with Crippen molar-refractivity contribution in [1.82, 2.24) is 4.90 Å². The van der Waals surface area contributed by atoms with Crippen LogP contribution in [-0.4, -0.2) is 43.0 Å². The number of rotatable bonds is 9. The number of carbonyl (C=O) groups is 2. The zero-order valence-electron chi connectivity index (χ0n) is 22.8. The molecule has 5 rings (SSSR count). The Labute approximate surface area is 236 Å². The molecule has 1 saturated heterocycles. The molecule has 0 aromatic heterocycles. The van der Waals surface area contributed by atoms with Gasteiger partial charge in [-0.25, -0.2) is 0 Å². The van der Waals surface area contributed by atoms with Gasteiger partial charge in [-0.2, -0.15) is 0 Å². The number of anilines is 2. The van der Waals surface area contributed by atoms with Gasteiger partial charge in [0.15, 0.2) is 0 Å². The number of aryl methyl sites for hydroxylation is 1. The van der Waals surface area contributed by atoms with Gasteiger partial charge >= 0.3 is 0 Å². The molecule has 1 aliphatic heterocycles. The highest BCUT2D eigenvalue weighted by molar-refractivity contribution is 5.98. The molecular weight excluding hydrogens is 498 g/mol. The lowest BCUT2D eigenvalue weighted by molar-refractivity contribution is -0.139. The van der Waals surface area contributed by atoms with Crippen LogP contribution in [-0.2, 0) is 27.3 Å². The minimum absolute atomic E-state index is 0.110. The molecule has 0 spiro atoms. The van der Waals surface area contributed by atoms with Crippen molar-refractivity contribution in [2.24, 2.45) is 0 Å². The van der Waals surface area contributed by atoms with Crippen molar-refractivity contribution >= 4 is 23.2 Å². The third-order valence-corrected chi connectivity index (χ3v) is 7.31. The molecule has 0 bridgehead atoms. The molecule has 1 atom stereocenters. The highest BCUT2D eigenvalue weighted by atomic mass is 16.5. The second-order valence-corrected chi connectivity index (χ2v) is 10.1. The minimum atomic E-state index is -0.809. The van der Waals surface area contributed by atoms with E-state index in [0.29, 0.717) is 25.4 Å². The quantitative estimate of drug-likeness (QED) is 0.296. The van der Waals surface area contributed by atoms with Crippen LogP contribution in [0.4, 0.5) is 11.4 Å². The van der Waals surface area contributed by atoms with E-state index in [2.05, 4.69) is 10.2 Å². The second kappa shape index (κ2) is 13.1. The molecule has 0 radical (unpaired) electrons. The highest BCUT2D eigenvalue weighted by Crippen LogP contribution is 2.28. The normalized spacial score (nSPS) is 13.9. The predicted molar refractivity (Wildman–Crippen MR) is 159 cm³/mol. The second-order valence-electron chi connectivity index (χ2n) is 10.1. The smallest absolute Gasteiger partial charge is 0.251 e. The number of hydrogen-bond acceptors (Lipinski definition) is 4. The molecule has 4 aromatic rings. The molecule has 1 fully saturated rings. The van der Waals surface area contributed by atoms with E-state index in [-0.39, 0.29) is 18.2 Å². The summed E-state index contributed by atoms with van der Waals surface area (Å²) in [7, 11) is 0. The van der Waals surface area contributed by atoms with Gasteiger partial charge in [-0.15, -0.1) is 0 Å². The number of benzene rings is 4. The summed E-state index contributed by atoms with van der Waals surface area (Å²) in [6.45, 7) is 5.47. The van der Waals surface area contributed by atoms with E-state index in [1.165, 1.54) is 0 Å². The van der Waals surface area contributed by atoms with Crippen LogP contribution in [0.3, 0.4) is 0 Å². The Morgan fingerprint density at radius 2 is 1.45 bits per heavy atom. The van der Waals surface area contributed by atoms with Crippen LogP contribution in [0.25, 0.3) is 0 Å². The first-order valence-electron chi connectivity index (χ1n) is 13.7. The number of hydrogen-bond donors (Lipinski definition) is 1. The Kier molecular flexibility index (Phi) is 8.89. The standard InChI is InChI=1S/C34H35N3O3/c1-26-10-8-9-15-29(26)25-37(32(38)24-27-11-4-2-5-12-27)33(28-13-6-3-7-14-28)34(39)35-30-16-18-31(19-17-30)36-20-22-40-23-21-36/h2-19,33H,20-25H2,1H3,(H,35,39). The van der Waals surface area contributed by atoms with Crippen LogP contribution >= 0.6 is 0 Å². The predicted octanol–water partition coefficient (Wildman–Crippen LogP) is 5.78. The van der Waals surface area contributed by atoms with Crippen LogP contribution in [0, 0.1) is 6.92 Å². The van der Waals surface area contributed by atoms with Gasteiger partial charge < -0.3 is 19.9 Å². The molecule has 4 aromatic carbocycles. The van der Waals surface area contributed by atoms with Crippen LogP contribution in [0.2, 0.25) is 0 Å². The number of amides is 2. The summed E-state index contributed by atoms with van der Waals surface area (Å²) in [5.74, 6) is -0.360. The Balaban J connectivity index is 1.45. The average molecular weight is 534 g/mol. The molecule has 0 aliphatic carbocycles. The Bertz CT molecular complexity index is 1400. The number of ether oxygens (including phenoxy) is 1. The zero-order chi connectivity index (χ0) is 27.7. The van der Waals surface area contributed by atoms with Crippen molar-refractivity contribution < 1.29 is 14.3 Å². The van der Waals surface area contributed by atoms with E-state index >= 15 is 0 Å². The van der Waals surface area contributed by atoms with Gasteiger partial charge in [0.25, 0.3) is 5.91 Å². The molecule has 1 N–H and O–H groups in total. The molecular formula is C34H35N3O3. The number of nitrogens with zero attached hydrogens (tertiary/aromatic N) is 2. The summed E-state index contributed by atoms with van der Waals surface area (Å²) in [6, 6.07) is 34.3. The van der Waals surface area contributed by atoms with Crippen LogP contribution < -0.4 is 10.2 Å². The molecule has 40 heavy (non-hydrogen) atoms. The van der Waals surface area contributed by atoms with Crippen molar-refractivity contribution in [2.75, 3.05) is 36.5 Å². The Morgan fingerprint density at radius 3 is 2.12 bits per heavy atom. The van der Waals surface area contributed by atoms with Crippen molar-refractivity contribution in [2.45, 2.75) is 25.9 Å². The van der Waals surface area contributed by atoms with Gasteiger partial charge in [-0.3, -0.25) is 9.59 Å². The van der Waals surface area contributed by atoms with Gasteiger partial charge in [-0.05, 0) is 53.4 Å². The van der Waals surface area contributed by atoms with Crippen molar-refractivity contribution in [3.05, 3.63) is 131 Å². The Morgan fingerprint density at radius 1 is 0.825 bits per heavy atom. The molecule has 2 amide bonds. The molecule has 6 heteroatoms. The maximum Gasteiger partial charge on any atom is 0.251 e. The molecule has 204 valence electrons. The maximum absolute atomic E-state index is 14.0. The summed E-state index contributed by atoms with van der Waals surface area (Å²) in [6.07, 6.45) is 0.206. The third kappa shape index (κ3) is 6.77. The van der Waals surface area contributed by atoms with Crippen molar-refractivity contribution in [3.63, 3.8) is 0 Å². The third-order valence-electron chi connectivity index (χ3n) is 7.31. The summed E-state index contributed by atoms with van der Waals surface area (Å²) in [5.41, 5.74) is 5.54. The summed E-state index contributed by atoms with van der Waals surface area (Å²) < 4.78 is 5.46. The molecule has 0 saturated carbocycles. The average Bonchev–Trinajstić information content (AvgIpc) is 3.00. The summed E-state index contributed by atoms with van der Waals surface area (Å²) >= 11 is 0. The summed E-state index contributed by atoms with van der Waals surface area (Å²) in [4.78, 5) is 32.0. The minimum Gasteiger partial charge on any atom is -0.378 e. The van der Waals surface area contributed by atoms with E-state index < -0.39 is 6.04 Å². The molecule has 6 nitrogen and oxygen atoms in total. The Hall–Kier alpha value is -4.42. The fraction of sp³-hybridized carbons (Fsp3) is 0.235. The van der Waals surface area contributed by atoms with Gasteiger partial charge in [0, 0.05) is 31.0 Å². The van der Waals surface area contributed by atoms with Crippen LogP contribution in [0.5, 0.6) is 0 Å². The summed E-state index contributed by atoms with van der Waals surface area (Å²) in [5, 5.41) is 3.09. The van der Waals surface area contributed by atoms with Gasteiger partial charge in [-0.1, -0.05) is 84.9 Å². The van der Waals surface area contributed by atoms with E-state index in [1.54, 1.807) is 4.90 Å². The zero-order valence-corrected chi connectivity index (χ0v) is 22.8. The maximum atomic E-state index is 14.0. The highest BCUT2D eigenvalue weighted by Gasteiger charge is 2.32. The lowest BCUT2D eigenvalue weighted by atomic mass is 10.0. The number of carbonyl (C=O) groups excluding carboxylic acids is 2. The topological polar surface area (TPSA) is 61.9 Å². The fourth-order valence-corrected chi connectivity index (χ4v) is 5.06. The van der Waals surface area contributed by atoms with E-state index in [9.17, 15) is 9.59 Å². The molecule has 1 aliphatic rings. The van der Waals surface area contributed by atoms with Crippen LogP contribution in [0.15, 0.2) is 109 Å². The SMILES string of the molecule is Cc1ccccc1CN(C(=O)Cc1ccccc1)C(C(=O)Nc1ccc(N2CCOCC2)cc1)c1ccccc1. The molecule has 1 heterocycles. The van der Waals surface area contributed by atoms with Crippen molar-refractivity contribution in [1.29, 1.82) is 0 Å². The first-order chi connectivity index (χ1) is 19.6. The first kappa shape index (κ1) is 27.2. The largest absolute Gasteiger partial charge is 0.378 e. The number of morpholine rings is 1. The fourth-order valence-electron chi connectivity index (χ4n) is 5.06.